The molecule has 1 fully saturated rings. The molecular weight excluding hydrogens is 228 g/mol. The summed E-state index contributed by atoms with van der Waals surface area (Å²) in [5, 5.41) is 0. The van der Waals surface area contributed by atoms with Crippen LogP contribution in [0.15, 0.2) is 24.3 Å². The van der Waals surface area contributed by atoms with Crippen molar-refractivity contribution in [3.63, 3.8) is 0 Å². The van der Waals surface area contributed by atoms with Crippen molar-refractivity contribution < 1.29 is 9.47 Å². The van der Waals surface area contributed by atoms with E-state index in [1.807, 2.05) is 12.1 Å². The molecule has 1 aromatic rings. The van der Waals surface area contributed by atoms with E-state index in [-0.39, 0.29) is 0 Å². The molecule has 1 heterocycles. The van der Waals surface area contributed by atoms with E-state index in [1.165, 1.54) is 12.1 Å². The minimum absolute atomic E-state index is 0.302. The van der Waals surface area contributed by atoms with Crippen LogP contribution in [0.2, 0.25) is 0 Å². The first kappa shape index (κ1) is 13.2. The third-order valence-electron chi connectivity index (χ3n) is 3.22. The van der Waals surface area contributed by atoms with E-state index in [1.54, 1.807) is 7.11 Å². The minimum Gasteiger partial charge on any atom is -0.491 e. The molecule has 4 heteroatoms. The SMILES string of the molecule is COCCOc1ccc(N2CCCC(N)C2)cc1. The van der Waals surface area contributed by atoms with E-state index in [9.17, 15) is 0 Å². The molecule has 1 aliphatic rings. The Kier molecular flexibility index (Phi) is 4.84. The Bertz CT molecular complexity index is 353. The van der Waals surface area contributed by atoms with Crippen LogP contribution in [-0.2, 0) is 4.74 Å². The fourth-order valence-corrected chi connectivity index (χ4v) is 2.24. The molecule has 0 bridgehead atoms. The minimum atomic E-state index is 0.302. The van der Waals surface area contributed by atoms with Gasteiger partial charge in [0, 0.05) is 31.9 Å². The first-order valence-electron chi connectivity index (χ1n) is 6.52. The molecule has 0 amide bonds. The molecule has 0 aliphatic carbocycles. The molecule has 0 saturated carbocycles. The quantitative estimate of drug-likeness (QED) is 0.807. The van der Waals surface area contributed by atoms with Crippen LogP contribution < -0.4 is 15.4 Å². The van der Waals surface area contributed by atoms with Crippen molar-refractivity contribution in [3.05, 3.63) is 24.3 Å². The number of nitrogens with two attached hydrogens (primary N) is 1. The lowest BCUT2D eigenvalue weighted by molar-refractivity contribution is 0.146. The molecule has 2 N–H and O–H groups in total. The molecule has 2 rings (SSSR count). The second kappa shape index (κ2) is 6.61. The molecule has 0 aromatic heterocycles. The van der Waals surface area contributed by atoms with E-state index < -0.39 is 0 Å². The highest BCUT2D eigenvalue weighted by atomic mass is 16.5. The summed E-state index contributed by atoms with van der Waals surface area (Å²) in [5.41, 5.74) is 7.22. The van der Waals surface area contributed by atoms with Gasteiger partial charge >= 0.3 is 0 Å². The Balaban J connectivity index is 1.90. The van der Waals surface area contributed by atoms with Gasteiger partial charge in [-0.05, 0) is 37.1 Å². The van der Waals surface area contributed by atoms with Gasteiger partial charge in [-0.1, -0.05) is 0 Å². The van der Waals surface area contributed by atoms with Crippen molar-refractivity contribution in [2.24, 2.45) is 5.73 Å². The smallest absolute Gasteiger partial charge is 0.119 e. The molecule has 0 spiro atoms. The van der Waals surface area contributed by atoms with Gasteiger partial charge in [0.2, 0.25) is 0 Å². The summed E-state index contributed by atoms with van der Waals surface area (Å²) in [5.74, 6) is 0.886. The average Bonchev–Trinajstić information content (AvgIpc) is 2.40. The fraction of sp³-hybridized carbons (Fsp3) is 0.571. The van der Waals surface area contributed by atoms with E-state index in [0.717, 1.165) is 25.3 Å². The van der Waals surface area contributed by atoms with Crippen molar-refractivity contribution in [2.75, 3.05) is 38.3 Å². The normalized spacial score (nSPS) is 19.9. The first-order chi connectivity index (χ1) is 8.79. The third kappa shape index (κ3) is 3.62. The Morgan fingerprint density at radius 3 is 2.72 bits per heavy atom. The van der Waals surface area contributed by atoms with Gasteiger partial charge in [-0.15, -0.1) is 0 Å². The van der Waals surface area contributed by atoms with Gasteiger partial charge in [-0.3, -0.25) is 0 Å². The molecular formula is C14H22N2O2. The lowest BCUT2D eigenvalue weighted by atomic mass is 10.1. The van der Waals surface area contributed by atoms with Crippen LogP contribution in [-0.4, -0.2) is 39.5 Å². The van der Waals surface area contributed by atoms with Gasteiger partial charge in [0.25, 0.3) is 0 Å². The number of rotatable bonds is 5. The summed E-state index contributed by atoms with van der Waals surface area (Å²) >= 11 is 0. The second-order valence-electron chi connectivity index (χ2n) is 4.68. The van der Waals surface area contributed by atoms with Crippen LogP contribution >= 0.6 is 0 Å². The lowest BCUT2D eigenvalue weighted by Crippen LogP contribution is -2.42. The molecule has 0 radical (unpaired) electrons. The largest absolute Gasteiger partial charge is 0.491 e. The van der Waals surface area contributed by atoms with E-state index in [2.05, 4.69) is 17.0 Å². The number of methoxy groups -OCH3 is 1. The van der Waals surface area contributed by atoms with Crippen molar-refractivity contribution in [1.29, 1.82) is 0 Å². The summed E-state index contributed by atoms with van der Waals surface area (Å²) in [7, 11) is 1.67. The summed E-state index contributed by atoms with van der Waals surface area (Å²) < 4.78 is 10.5. The highest BCUT2D eigenvalue weighted by Crippen LogP contribution is 2.22. The van der Waals surface area contributed by atoms with Gasteiger partial charge in [0.1, 0.15) is 12.4 Å². The maximum Gasteiger partial charge on any atom is 0.119 e. The maximum absolute atomic E-state index is 5.99. The molecule has 1 aliphatic heterocycles. The van der Waals surface area contributed by atoms with Gasteiger partial charge in [-0.25, -0.2) is 0 Å². The number of hydrogen-bond acceptors (Lipinski definition) is 4. The number of piperidine rings is 1. The summed E-state index contributed by atoms with van der Waals surface area (Å²) in [6.45, 7) is 3.24. The van der Waals surface area contributed by atoms with Crippen molar-refractivity contribution in [3.8, 4) is 5.75 Å². The standard InChI is InChI=1S/C14H22N2O2/c1-17-9-10-18-14-6-4-13(5-7-14)16-8-2-3-12(15)11-16/h4-7,12H,2-3,8-11,15H2,1H3. The number of ether oxygens (including phenoxy) is 2. The molecule has 100 valence electrons. The first-order valence-corrected chi connectivity index (χ1v) is 6.52. The Morgan fingerprint density at radius 1 is 1.28 bits per heavy atom. The number of nitrogens with zero attached hydrogens (tertiary/aromatic N) is 1. The van der Waals surface area contributed by atoms with E-state index in [0.29, 0.717) is 19.3 Å². The van der Waals surface area contributed by atoms with Crippen LogP contribution in [0.1, 0.15) is 12.8 Å². The Labute approximate surface area is 109 Å². The molecule has 1 saturated heterocycles. The average molecular weight is 250 g/mol. The molecule has 1 atom stereocenters. The van der Waals surface area contributed by atoms with Crippen LogP contribution in [0.3, 0.4) is 0 Å². The van der Waals surface area contributed by atoms with E-state index in [4.69, 9.17) is 15.2 Å². The number of benzene rings is 1. The van der Waals surface area contributed by atoms with Gasteiger partial charge in [0.05, 0.1) is 6.61 Å². The van der Waals surface area contributed by atoms with Gasteiger partial charge in [-0.2, -0.15) is 0 Å². The molecule has 1 aromatic carbocycles. The summed E-state index contributed by atoms with van der Waals surface area (Å²) in [4.78, 5) is 2.34. The van der Waals surface area contributed by atoms with Crippen LogP contribution in [0.5, 0.6) is 5.75 Å². The summed E-state index contributed by atoms with van der Waals surface area (Å²) in [6, 6.07) is 8.51. The van der Waals surface area contributed by atoms with Crippen LogP contribution in [0.4, 0.5) is 5.69 Å². The van der Waals surface area contributed by atoms with Crippen LogP contribution in [0, 0.1) is 0 Å². The van der Waals surface area contributed by atoms with Crippen molar-refractivity contribution >= 4 is 5.69 Å². The Morgan fingerprint density at radius 2 is 2.06 bits per heavy atom. The molecule has 1 unspecified atom stereocenters. The highest BCUT2D eigenvalue weighted by Gasteiger charge is 2.16. The van der Waals surface area contributed by atoms with Gasteiger partial charge in [0.15, 0.2) is 0 Å². The van der Waals surface area contributed by atoms with E-state index >= 15 is 0 Å². The highest BCUT2D eigenvalue weighted by molar-refractivity contribution is 5.49. The van der Waals surface area contributed by atoms with Crippen molar-refractivity contribution in [1.82, 2.24) is 0 Å². The number of anilines is 1. The predicted octanol–water partition coefficient (Wildman–Crippen LogP) is 1.64. The maximum atomic E-state index is 5.99. The Hall–Kier alpha value is -1.26. The monoisotopic (exact) mass is 250 g/mol. The molecule has 18 heavy (non-hydrogen) atoms. The zero-order valence-electron chi connectivity index (χ0n) is 11.0. The number of hydrogen-bond donors (Lipinski definition) is 1. The zero-order chi connectivity index (χ0) is 12.8. The van der Waals surface area contributed by atoms with Crippen LogP contribution in [0.25, 0.3) is 0 Å². The molecule has 4 nitrogen and oxygen atoms in total. The van der Waals surface area contributed by atoms with Crippen molar-refractivity contribution in [2.45, 2.75) is 18.9 Å². The van der Waals surface area contributed by atoms with Gasteiger partial charge < -0.3 is 20.1 Å². The summed E-state index contributed by atoms with van der Waals surface area (Å²) in [6.07, 6.45) is 2.31. The third-order valence-corrected chi connectivity index (χ3v) is 3.22. The lowest BCUT2D eigenvalue weighted by Gasteiger charge is -2.32. The fourth-order valence-electron chi connectivity index (χ4n) is 2.24. The second-order valence-corrected chi connectivity index (χ2v) is 4.68. The zero-order valence-corrected chi connectivity index (χ0v) is 11.0. The predicted molar refractivity (Wildman–Crippen MR) is 73.2 cm³/mol. The topological polar surface area (TPSA) is 47.7 Å².